The van der Waals surface area contributed by atoms with E-state index in [1.165, 1.54) is 6.07 Å². The van der Waals surface area contributed by atoms with Crippen LogP contribution in [0.3, 0.4) is 0 Å². The zero-order valence-electron chi connectivity index (χ0n) is 17.2. The number of nitrogens with zero attached hydrogens (tertiary/aromatic N) is 7. The van der Waals surface area contributed by atoms with E-state index >= 15 is 0 Å². The Labute approximate surface area is 183 Å². The van der Waals surface area contributed by atoms with Gasteiger partial charge in [-0.3, -0.25) is 0 Å². The summed E-state index contributed by atoms with van der Waals surface area (Å²) in [6, 6.07) is 6.65. The Morgan fingerprint density at radius 3 is 2.74 bits per heavy atom. The Morgan fingerprint density at radius 1 is 1.26 bits per heavy atom. The van der Waals surface area contributed by atoms with Crippen LogP contribution < -0.4 is 4.90 Å². The topological polar surface area (TPSA) is 112 Å². The van der Waals surface area contributed by atoms with Gasteiger partial charge in [0.15, 0.2) is 11.6 Å². The molecule has 3 aromatic rings. The number of alkyl halides is 1. The van der Waals surface area contributed by atoms with E-state index < -0.39 is 6.17 Å². The van der Waals surface area contributed by atoms with Gasteiger partial charge < -0.3 is 10.0 Å². The van der Waals surface area contributed by atoms with E-state index in [2.05, 4.69) is 32.3 Å². The molecule has 10 heteroatoms. The second-order valence-electron chi connectivity index (χ2n) is 7.68. The first-order valence-electron chi connectivity index (χ1n) is 10.1. The molecule has 1 N–H and O–H groups in total. The number of anilines is 1. The molecule has 8 nitrogen and oxygen atoms in total. The molecule has 3 atom stereocenters. The summed E-state index contributed by atoms with van der Waals surface area (Å²) in [6.07, 6.45) is 3.99. The standard InChI is InChI=1S/C21H22FN7OS/c1-3-12-4-7-15(22)16(8-12)29(2)18-11-24-20(27-25-18)14-6-5-13(9-17(14)30)21-28-26-19(10-23)31-21/h5-6,9,11-12,15-16,30H,3-4,7-8H2,1-2H3/t12-,15+,16-/m1/s1. The van der Waals surface area contributed by atoms with Gasteiger partial charge in [-0.25, -0.2) is 9.37 Å². The molecular formula is C21H22FN7OS. The summed E-state index contributed by atoms with van der Waals surface area (Å²) in [5.41, 5.74) is 1.06. The van der Waals surface area contributed by atoms with Crippen molar-refractivity contribution < 1.29 is 9.50 Å². The fourth-order valence-corrected chi connectivity index (χ4v) is 4.57. The number of benzene rings is 1. The molecule has 0 bridgehead atoms. The van der Waals surface area contributed by atoms with Gasteiger partial charge >= 0.3 is 0 Å². The van der Waals surface area contributed by atoms with Crippen molar-refractivity contribution in [1.82, 2.24) is 25.4 Å². The summed E-state index contributed by atoms with van der Waals surface area (Å²) in [5, 5.41) is 36.2. The molecule has 1 fully saturated rings. The Kier molecular flexibility index (Phi) is 6.04. The van der Waals surface area contributed by atoms with Gasteiger partial charge in [0.1, 0.15) is 23.0 Å². The molecule has 0 aliphatic heterocycles. The molecule has 4 rings (SSSR count). The lowest BCUT2D eigenvalue weighted by Crippen LogP contribution is -2.44. The first-order valence-corrected chi connectivity index (χ1v) is 11.0. The second-order valence-corrected chi connectivity index (χ2v) is 8.66. The Morgan fingerprint density at radius 2 is 2.10 bits per heavy atom. The highest BCUT2D eigenvalue weighted by Crippen LogP contribution is 2.34. The Balaban J connectivity index is 1.53. The van der Waals surface area contributed by atoms with Crippen molar-refractivity contribution in [3.63, 3.8) is 0 Å². The van der Waals surface area contributed by atoms with Gasteiger partial charge in [0, 0.05) is 12.6 Å². The summed E-state index contributed by atoms with van der Waals surface area (Å²) in [7, 11) is 1.82. The van der Waals surface area contributed by atoms with Crippen LogP contribution in [0, 0.1) is 17.2 Å². The van der Waals surface area contributed by atoms with Crippen molar-refractivity contribution in [2.45, 2.75) is 44.8 Å². The van der Waals surface area contributed by atoms with E-state index in [0.29, 0.717) is 34.3 Å². The van der Waals surface area contributed by atoms with E-state index in [1.54, 1.807) is 18.3 Å². The number of hydrogen-bond donors (Lipinski definition) is 1. The highest BCUT2D eigenvalue weighted by Gasteiger charge is 2.33. The maximum Gasteiger partial charge on any atom is 0.218 e. The van der Waals surface area contributed by atoms with E-state index in [9.17, 15) is 9.50 Å². The van der Waals surface area contributed by atoms with Gasteiger partial charge in [0.2, 0.25) is 5.01 Å². The number of nitriles is 1. The average molecular weight is 440 g/mol. The minimum Gasteiger partial charge on any atom is -0.507 e. The fraction of sp³-hybridized carbons (Fsp3) is 0.429. The third kappa shape index (κ3) is 4.32. The molecule has 0 radical (unpaired) electrons. The lowest BCUT2D eigenvalue weighted by molar-refractivity contribution is 0.170. The highest BCUT2D eigenvalue weighted by molar-refractivity contribution is 7.15. The molecule has 31 heavy (non-hydrogen) atoms. The quantitative estimate of drug-likeness (QED) is 0.635. The predicted octanol–water partition coefficient (Wildman–Crippen LogP) is 3.99. The molecule has 0 unspecified atom stereocenters. The second kappa shape index (κ2) is 8.89. The van der Waals surface area contributed by atoms with Gasteiger partial charge in [-0.15, -0.1) is 20.4 Å². The summed E-state index contributed by atoms with van der Waals surface area (Å²) in [6.45, 7) is 2.14. The minimum atomic E-state index is -0.896. The molecule has 1 aliphatic rings. The number of halogens is 1. The van der Waals surface area contributed by atoms with Crippen LogP contribution in [-0.2, 0) is 0 Å². The van der Waals surface area contributed by atoms with Crippen LogP contribution in [0.15, 0.2) is 24.4 Å². The largest absolute Gasteiger partial charge is 0.507 e. The van der Waals surface area contributed by atoms with Gasteiger partial charge in [-0.05, 0) is 37.3 Å². The molecule has 160 valence electrons. The first-order chi connectivity index (χ1) is 15.0. The predicted molar refractivity (Wildman–Crippen MR) is 115 cm³/mol. The van der Waals surface area contributed by atoms with Crippen LogP contribution in [0.1, 0.15) is 37.6 Å². The normalized spacial score (nSPS) is 20.9. The number of hydrogen-bond acceptors (Lipinski definition) is 9. The monoisotopic (exact) mass is 439 g/mol. The minimum absolute atomic E-state index is 0.0315. The lowest BCUT2D eigenvalue weighted by Gasteiger charge is -2.37. The number of aromatic hydroxyl groups is 1. The Hall–Kier alpha value is -3.19. The van der Waals surface area contributed by atoms with Crippen LogP contribution in [0.5, 0.6) is 5.75 Å². The first kappa shape index (κ1) is 21.1. The molecule has 0 saturated heterocycles. The smallest absolute Gasteiger partial charge is 0.218 e. The summed E-state index contributed by atoms with van der Waals surface area (Å²) in [4.78, 5) is 6.16. The number of phenolic OH excluding ortho intramolecular Hbond substituents is 1. The van der Waals surface area contributed by atoms with Gasteiger partial charge in [-0.2, -0.15) is 5.26 Å². The van der Waals surface area contributed by atoms with Crippen molar-refractivity contribution >= 4 is 17.2 Å². The average Bonchev–Trinajstić information content (AvgIpc) is 3.28. The van der Waals surface area contributed by atoms with Crippen LogP contribution in [0.2, 0.25) is 0 Å². The molecule has 2 heterocycles. The van der Waals surface area contributed by atoms with E-state index in [-0.39, 0.29) is 22.6 Å². The number of phenols is 1. The summed E-state index contributed by atoms with van der Waals surface area (Å²) >= 11 is 1.14. The molecule has 0 spiro atoms. The van der Waals surface area contributed by atoms with Crippen LogP contribution in [0.25, 0.3) is 22.0 Å². The van der Waals surface area contributed by atoms with Crippen molar-refractivity contribution in [1.29, 1.82) is 5.26 Å². The highest BCUT2D eigenvalue weighted by atomic mass is 32.1. The fourth-order valence-electron chi connectivity index (χ4n) is 3.93. The Bertz CT molecular complexity index is 1100. The summed E-state index contributed by atoms with van der Waals surface area (Å²) < 4.78 is 14.5. The molecule has 1 aliphatic carbocycles. The third-order valence-electron chi connectivity index (χ3n) is 5.83. The van der Waals surface area contributed by atoms with Crippen molar-refractivity contribution in [3.05, 3.63) is 29.4 Å². The van der Waals surface area contributed by atoms with Crippen molar-refractivity contribution in [3.8, 4) is 33.8 Å². The van der Waals surface area contributed by atoms with Crippen LogP contribution in [0.4, 0.5) is 10.2 Å². The van der Waals surface area contributed by atoms with Crippen LogP contribution >= 0.6 is 11.3 Å². The zero-order valence-corrected chi connectivity index (χ0v) is 18.1. The maximum absolute atomic E-state index is 14.5. The molecular weight excluding hydrogens is 417 g/mol. The van der Waals surface area contributed by atoms with Gasteiger partial charge in [0.05, 0.1) is 17.8 Å². The molecule has 1 aromatic carbocycles. The van der Waals surface area contributed by atoms with Gasteiger partial charge in [0.25, 0.3) is 0 Å². The number of aromatic nitrogens is 5. The van der Waals surface area contributed by atoms with E-state index in [1.807, 2.05) is 18.0 Å². The van der Waals surface area contributed by atoms with E-state index in [4.69, 9.17) is 5.26 Å². The zero-order chi connectivity index (χ0) is 22.0. The van der Waals surface area contributed by atoms with E-state index in [0.717, 1.165) is 30.6 Å². The molecule has 0 amide bonds. The van der Waals surface area contributed by atoms with Crippen LogP contribution in [-0.4, -0.2) is 49.7 Å². The summed E-state index contributed by atoms with van der Waals surface area (Å²) in [5.74, 6) is 1.26. The van der Waals surface area contributed by atoms with Gasteiger partial charge in [-0.1, -0.05) is 30.7 Å². The molecule has 1 saturated carbocycles. The maximum atomic E-state index is 14.5. The SMILES string of the molecule is CC[C@@H]1CC[C@H](F)[C@H](N(C)c2cnc(-c3ccc(-c4nnc(C#N)s4)cc3O)nn2)C1. The number of rotatable bonds is 5. The lowest BCUT2D eigenvalue weighted by atomic mass is 9.82. The molecule has 2 aromatic heterocycles. The third-order valence-corrected chi connectivity index (χ3v) is 6.71. The van der Waals surface area contributed by atoms with Crippen molar-refractivity contribution in [2.75, 3.05) is 11.9 Å². The van der Waals surface area contributed by atoms with Crippen molar-refractivity contribution in [2.24, 2.45) is 5.92 Å².